The van der Waals surface area contributed by atoms with E-state index in [0.29, 0.717) is 35.6 Å². The number of hydrogen-bond acceptors (Lipinski definition) is 13. The Morgan fingerprint density at radius 3 is 1.17 bits per heavy atom. The highest BCUT2D eigenvalue weighted by molar-refractivity contribution is 7.14. The van der Waals surface area contributed by atoms with Crippen LogP contribution in [0.25, 0.3) is 21.6 Å². The smallest absolute Gasteiger partial charge is 0.258 e. The van der Waals surface area contributed by atoms with Crippen LogP contribution >= 0.6 is 11.3 Å². The fraction of sp³-hybridized carbons (Fsp3) is 0. The van der Waals surface area contributed by atoms with Gasteiger partial charge in [0, 0.05) is 5.56 Å². The predicted octanol–water partition coefficient (Wildman–Crippen LogP) is 4.53. The maximum atomic E-state index is 11.7. The SMILES string of the molecule is O=[N+]([O-])c1cc([N+](=O)[O-])c(-c2ccsc2-c2c([N+](=O)[O-])cc([N+](=O)[O-])cc2[N+](=O)[O-])c([N+](=O)[O-])c1. The van der Waals surface area contributed by atoms with E-state index in [4.69, 9.17) is 0 Å². The summed E-state index contributed by atoms with van der Waals surface area (Å²) in [7, 11) is 0. The minimum atomic E-state index is -1.16. The average Bonchev–Trinajstić information content (AvgIpc) is 3.25. The lowest BCUT2D eigenvalue weighted by Crippen LogP contribution is -2.02. The fourth-order valence-corrected chi connectivity index (χ4v) is 4.15. The van der Waals surface area contributed by atoms with E-state index in [1.54, 1.807) is 0 Å². The summed E-state index contributed by atoms with van der Waals surface area (Å²) in [5.41, 5.74) is -8.47. The molecular weight excluding hydrogens is 500 g/mol. The summed E-state index contributed by atoms with van der Waals surface area (Å²) in [4.78, 5) is 61.6. The molecule has 35 heavy (non-hydrogen) atoms. The standard InChI is InChI=1S/C16H6N6O12S/c23-17(24)7-3-10(19(27)28)14(11(4-7)20(29)30)9-1-2-35-16(9)15-12(21(31)32)5-8(18(25)26)6-13(15)22(33)34/h1-6H. The van der Waals surface area contributed by atoms with Crippen LogP contribution in [-0.2, 0) is 0 Å². The number of nitrogens with zero attached hydrogens (tertiary/aromatic N) is 6. The van der Waals surface area contributed by atoms with Gasteiger partial charge in [0.05, 0.1) is 58.7 Å². The van der Waals surface area contributed by atoms with Crippen molar-refractivity contribution >= 4 is 45.5 Å². The third-order valence-corrected chi connectivity index (χ3v) is 5.46. The Morgan fingerprint density at radius 1 is 0.514 bits per heavy atom. The highest BCUT2D eigenvalue weighted by Crippen LogP contribution is 2.51. The fourth-order valence-electron chi connectivity index (χ4n) is 3.19. The Morgan fingerprint density at radius 2 is 0.857 bits per heavy atom. The van der Waals surface area contributed by atoms with Crippen molar-refractivity contribution in [3.63, 3.8) is 0 Å². The van der Waals surface area contributed by atoms with Gasteiger partial charge in [0.1, 0.15) is 11.1 Å². The number of rotatable bonds is 8. The summed E-state index contributed by atoms with van der Waals surface area (Å²) >= 11 is 0.568. The third kappa shape index (κ3) is 4.28. The molecule has 0 spiro atoms. The molecule has 178 valence electrons. The van der Waals surface area contributed by atoms with Gasteiger partial charge in [-0.15, -0.1) is 11.3 Å². The van der Waals surface area contributed by atoms with Crippen molar-refractivity contribution in [2.45, 2.75) is 0 Å². The summed E-state index contributed by atoms with van der Waals surface area (Å²) in [6, 6.07) is 2.77. The lowest BCUT2D eigenvalue weighted by molar-refractivity contribution is -0.402. The Balaban J connectivity index is 2.51. The minimum absolute atomic E-state index is 0.432. The molecule has 0 aliphatic rings. The Kier molecular flexibility index (Phi) is 6.10. The normalized spacial score (nSPS) is 10.5. The van der Waals surface area contributed by atoms with Crippen LogP contribution in [0.2, 0.25) is 0 Å². The summed E-state index contributed by atoms with van der Waals surface area (Å²) in [5, 5.41) is 70.0. The van der Waals surface area contributed by atoms with Gasteiger partial charge in [-0.1, -0.05) is 0 Å². The first-order valence-electron chi connectivity index (χ1n) is 8.65. The van der Waals surface area contributed by atoms with Gasteiger partial charge in [0.2, 0.25) is 0 Å². The molecule has 2 aromatic carbocycles. The van der Waals surface area contributed by atoms with Crippen molar-refractivity contribution in [1.82, 2.24) is 0 Å². The quantitative estimate of drug-likeness (QED) is 0.301. The molecule has 1 aromatic heterocycles. The molecule has 0 N–H and O–H groups in total. The maximum absolute atomic E-state index is 11.7. The van der Waals surface area contributed by atoms with Gasteiger partial charge in [0.15, 0.2) is 0 Å². The molecule has 18 nitrogen and oxygen atoms in total. The lowest BCUT2D eigenvalue weighted by Gasteiger charge is -2.08. The van der Waals surface area contributed by atoms with Crippen molar-refractivity contribution in [1.29, 1.82) is 0 Å². The predicted molar refractivity (Wildman–Crippen MR) is 115 cm³/mol. The zero-order valence-corrected chi connectivity index (χ0v) is 17.3. The molecule has 1 heterocycles. The molecule has 0 atom stereocenters. The van der Waals surface area contributed by atoms with Gasteiger partial charge < -0.3 is 0 Å². The largest absolute Gasteiger partial charge is 0.291 e. The number of nitro groups is 6. The van der Waals surface area contributed by atoms with Crippen molar-refractivity contribution in [3.05, 3.63) is 96.4 Å². The Labute approximate surface area is 193 Å². The molecular formula is C16H6N6O12S. The van der Waals surface area contributed by atoms with Crippen LogP contribution in [0.1, 0.15) is 0 Å². The summed E-state index contributed by atoms with van der Waals surface area (Å²) < 4.78 is 0. The number of benzene rings is 2. The molecule has 0 unspecified atom stereocenters. The monoisotopic (exact) mass is 506 g/mol. The van der Waals surface area contributed by atoms with Crippen molar-refractivity contribution in [3.8, 4) is 21.6 Å². The molecule has 0 amide bonds. The van der Waals surface area contributed by atoms with Crippen LogP contribution in [0.4, 0.5) is 34.1 Å². The number of non-ortho nitro benzene ring substituents is 2. The van der Waals surface area contributed by atoms with E-state index in [1.165, 1.54) is 0 Å². The lowest BCUT2D eigenvalue weighted by atomic mass is 9.97. The van der Waals surface area contributed by atoms with E-state index in [1.807, 2.05) is 0 Å². The zero-order chi connectivity index (χ0) is 26.2. The van der Waals surface area contributed by atoms with Gasteiger partial charge in [-0.05, 0) is 11.4 Å². The van der Waals surface area contributed by atoms with Crippen LogP contribution in [0.5, 0.6) is 0 Å². The molecule has 3 aromatic rings. The Bertz CT molecular complexity index is 1300. The van der Waals surface area contributed by atoms with Crippen molar-refractivity contribution < 1.29 is 29.5 Å². The second-order valence-corrected chi connectivity index (χ2v) is 7.34. The molecule has 0 saturated heterocycles. The second-order valence-electron chi connectivity index (χ2n) is 6.42. The van der Waals surface area contributed by atoms with E-state index in [2.05, 4.69) is 0 Å². The minimum Gasteiger partial charge on any atom is -0.258 e. The topological polar surface area (TPSA) is 259 Å². The van der Waals surface area contributed by atoms with E-state index >= 15 is 0 Å². The van der Waals surface area contributed by atoms with Crippen LogP contribution in [0.15, 0.2) is 35.7 Å². The molecule has 19 heteroatoms. The highest BCUT2D eigenvalue weighted by Gasteiger charge is 2.38. The van der Waals surface area contributed by atoms with E-state index in [9.17, 15) is 60.7 Å². The summed E-state index contributed by atoms with van der Waals surface area (Å²) in [6.45, 7) is 0. The summed E-state index contributed by atoms with van der Waals surface area (Å²) in [6.07, 6.45) is 0. The first-order valence-corrected chi connectivity index (χ1v) is 9.53. The van der Waals surface area contributed by atoms with Gasteiger partial charge >= 0.3 is 0 Å². The van der Waals surface area contributed by atoms with Gasteiger partial charge in [-0.3, -0.25) is 60.7 Å². The van der Waals surface area contributed by atoms with Crippen LogP contribution in [0.3, 0.4) is 0 Å². The van der Waals surface area contributed by atoms with E-state index in [-0.39, 0.29) is 0 Å². The molecule has 3 rings (SSSR count). The Hall–Kier alpha value is -5.46. The molecule has 0 radical (unpaired) electrons. The molecule has 0 fully saturated rings. The molecule has 0 bridgehead atoms. The van der Waals surface area contributed by atoms with Gasteiger partial charge in [-0.2, -0.15) is 0 Å². The van der Waals surface area contributed by atoms with Crippen molar-refractivity contribution in [2.75, 3.05) is 0 Å². The number of thiophene rings is 1. The number of hydrogen-bond donors (Lipinski definition) is 0. The van der Waals surface area contributed by atoms with E-state index < -0.39 is 85.2 Å². The molecule has 0 aliphatic carbocycles. The van der Waals surface area contributed by atoms with Gasteiger partial charge in [0.25, 0.3) is 34.1 Å². The molecule has 0 saturated carbocycles. The first kappa shape index (κ1) is 24.2. The van der Waals surface area contributed by atoms with Crippen LogP contribution in [0, 0.1) is 60.7 Å². The van der Waals surface area contributed by atoms with Crippen molar-refractivity contribution in [2.24, 2.45) is 0 Å². The second kappa shape index (κ2) is 8.82. The highest BCUT2D eigenvalue weighted by atomic mass is 32.1. The summed E-state index contributed by atoms with van der Waals surface area (Å²) in [5.74, 6) is 0. The third-order valence-electron chi connectivity index (χ3n) is 4.53. The van der Waals surface area contributed by atoms with Crippen LogP contribution in [-0.4, -0.2) is 29.5 Å². The van der Waals surface area contributed by atoms with E-state index in [0.717, 1.165) is 11.4 Å². The first-order chi connectivity index (χ1) is 16.3. The maximum Gasteiger partial charge on any atom is 0.291 e. The zero-order valence-electron chi connectivity index (χ0n) is 16.5. The number of nitro benzene ring substituents is 6. The average molecular weight is 506 g/mol. The van der Waals surface area contributed by atoms with Gasteiger partial charge in [-0.25, -0.2) is 0 Å². The molecule has 0 aliphatic heterocycles. The van der Waals surface area contributed by atoms with Crippen LogP contribution < -0.4 is 0 Å².